The minimum atomic E-state index is 0.0675. The summed E-state index contributed by atoms with van der Waals surface area (Å²) in [5.41, 5.74) is 0. The number of carbonyl (C=O) groups excluding carboxylic acids is 1. The number of carbonyl (C=O) groups is 1. The van der Waals surface area contributed by atoms with E-state index in [1.807, 2.05) is 11.9 Å². The lowest BCUT2D eigenvalue weighted by Gasteiger charge is -2.37. The van der Waals surface area contributed by atoms with E-state index in [1.54, 1.807) is 37.6 Å². The fourth-order valence-electron chi connectivity index (χ4n) is 2.41. The van der Waals surface area contributed by atoms with E-state index in [1.165, 1.54) is 0 Å². The molecule has 0 aliphatic carbocycles. The van der Waals surface area contributed by atoms with Crippen molar-refractivity contribution in [1.29, 1.82) is 0 Å². The molecule has 0 N–H and O–H groups in total. The molecule has 0 spiro atoms. The molecule has 19 heavy (non-hydrogen) atoms. The molecule has 6 nitrogen and oxygen atoms in total. The molecule has 0 saturated carbocycles. The normalized spacial score (nSPS) is 16.3. The van der Waals surface area contributed by atoms with Gasteiger partial charge in [-0.2, -0.15) is 0 Å². The second-order valence-electron chi connectivity index (χ2n) is 5.07. The Bertz CT molecular complexity index is 414. The molecule has 0 radical (unpaired) electrons. The predicted octanol–water partition coefficient (Wildman–Crippen LogP) is 1.06. The summed E-state index contributed by atoms with van der Waals surface area (Å²) in [6.45, 7) is 1.82. The Balaban J connectivity index is 1.91. The van der Waals surface area contributed by atoms with Crippen LogP contribution in [0, 0.1) is 0 Å². The summed E-state index contributed by atoms with van der Waals surface area (Å²) in [5, 5.41) is 0. The number of hydrogen-bond donors (Lipinski definition) is 0. The van der Waals surface area contributed by atoms with Crippen molar-refractivity contribution < 1.29 is 4.79 Å². The average Bonchev–Trinajstić information content (AvgIpc) is 2.46. The van der Waals surface area contributed by atoms with E-state index in [-0.39, 0.29) is 6.03 Å². The molecule has 0 unspecified atom stereocenters. The third-order valence-electron chi connectivity index (χ3n) is 3.57. The molecule has 1 aromatic heterocycles. The Morgan fingerprint density at radius 1 is 1.26 bits per heavy atom. The van der Waals surface area contributed by atoms with Crippen LogP contribution in [0.2, 0.25) is 0 Å². The largest absolute Gasteiger partial charge is 0.355 e. The van der Waals surface area contributed by atoms with Crippen molar-refractivity contribution >= 4 is 11.8 Å². The SMILES string of the molecule is CN(C)C(=O)N(C)C1CCN(c2cnccn2)CC1. The molecule has 104 valence electrons. The molecule has 2 amide bonds. The zero-order valence-electron chi connectivity index (χ0n) is 11.8. The number of urea groups is 1. The van der Waals surface area contributed by atoms with Gasteiger partial charge in [-0.3, -0.25) is 4.98 Å². The van der Waals surface area contributed by atoms with Crippen molar-refractivity contribution in [3.8, 4) is 0 Å². The maximum Gasteiger partial charge on any atom is 0.319 e. The maximum atomic E-state index is 11.9. The van der Waals surface area contributed by atoms with Gasteiger partial charge in [0.25, 0.3) is 0 Å². The Morgan fingerprint density at radius 3 is 2.47 bits per heavy atom. The van der Waals surface area contributed by atoms with Gasteiger partial charge >= 0.3 is 6.03 Å². The fraction of sp³-hybridized carbons (Fsp3) is 0.615. The van der Waals surface area contributed by atoms with Crippen LogP contribution in [0.5, 0.6) is 0 Å². The minimum absolute atomic E-state index is 0.0675. The second-order valence-corrected chi connectivity index (χ2v) is 5.07. The van der Waals surface area contributed by atoms with Crippen molar-refractivity contribution in [2.45, 2.75) is 18.9 Å². The van der Waals surface area contributed by atoms with Gasteiger partial charge < -0.3 is 14.7 Å². The van der Waals surface area contributed by atoms with Crippen LogP contribution < -0.4 is 4.90 Å². The Morgan fingerprint density at radius 2 is 1.95 bits per heavy atom. The fourth-order valence-corrected chi connectivity index (χ4v) is 2.41. The summed E-state index contributed by atoms with van der Waals surface area (Å²) in [6.07, 6.45) is 7.11. The molecule has 1 saturated heterocycles. The first kappa shape index (κ1) is 13.6. The van der Waals surface area contributed by atoms with Crippen LogP contribution in [0.4, 0.5) is 10.6 Å². The number of amides is 2. The first-order valence-electron chi connectivity index (χ1n) is 6.54. The van der Waals surface area contributed by atoms with Gasteiger partial charge in [0, 0.05) is 52.7 Å². The monoisotopic (exact) mass is 263 g/mol. The summed E-state index contributed by atoms with van der Waals surface area (Å²) in [4.78, 5) is 26.0. The highest BCUT2D eigenvalue weighted by atomic mass is 16.2. The quantitative estimate of drug-likeness (QED) is 0.800. The zero-order valence-corrected chi connectivity index (χ0v) is 11.8. The number of piperidine rings is 1. The highest BCUT2D eigenvalue weighted by molar-refractivity contribution is 5.73. The molecule has 1 aromatic rings. The second kappa shape index (κ2) is 5.86. The number of anilines is 1. The molecule has 0 bridgehead atoms. The molecule has 1 aliphatic heterocycles. The van der Waals surface area contributed by atoms with Gasteiger partial charge in [-0.1, -0.05) is 0 Å². The first-order chi connectivity index (χ1) is 9.09. The van der Waals surface area contributed by atoms with E-state index in [2.05, 4.69) is 14.9 Å². The van der Waals surface area contributed by atoms with Gasteiger partial charge in [0.1, 0.15) is 5.82 Å². The van der Waals surface area contributed by atoms with Crippen molar-refractivity contribution in [1.82, 2.24) is 19.8 Å². The first-order valence-corrected chi connectivity index (χ1v) is 6.54. The lowest BCUT2D eigenvalue weighted by molar-refractivity contribution is 0.155. The van der Waals surface area contributed by atoms with Crippen LogP contribution in [0.1, 0.15) is 12.8 Å². The topological polar surface area (TPSA) is 52.6 Å². The van der Waals surface area contributed by atoms with Gasteiger partial charge in [-0.15, -0.1) is 0 Å². The molecular weight excluding hydrogens is 242 g/mol. The summed E-state index contributed by atoms with van der Waals surface area (Å²) in [5.74, 6) is 0.919. The Labute approximate surface area is 114 Å². The third kappa shape index (κ3) is 3.13. The van der Waals surface area contributed by atoms with Crippen molar-refractivity contribution in [2.75, 3.05) is 39.1 Å². The standard InChI is InChI=1S/C13H21N5O/c1-16(2)13(19)17(3)11-4-8-18(9-5-11)12-10-14-6-7-15-12/h6-7,10-11H,4-5,8-9H2,1-3H3. The smallest absolute Gasteiger partial charge is 0.319 e. The van der Waals surface area contributed by atoms with E-state index < -0.39 is 0 Å². The van der Waals surface area contributed by atoms with Crippen LogP contribution >= 0.6 is 0 Å². The van der Waals surface area contributed by atoms with Crippen molar-refractivity contribution in [3.63, 3.8) is 0 Å². The van der Waals surface area contributed by atoms with Crippen LogP contribution in [0.3, 0.4) is 0 Å². The summed E-state index contributed by atoms with van der Waals surface area (Å²) < 4.78 is 0. The maximum absolute atomic E-state index is 11.9. The molecule has 6 heteroatoms. The van der Waals surface area contributed by atoms with Gasteiger partial charge in [0.05, 0.1) is 6.20 Å². The van der Waals surface area contributed by atoms with Gasteiger partial charge in [-0.05, 0) is 12.8 Å². The van der Waals surface area contributed by atoms with Gasteiger partial charge in [0.15, 0.2) is 0 Å². The number of nitrogens with zero attached hydrogens (tertiary/aromatic N) is 5. The van der Waals surface area contributed by atoms with Gasteiger partial charge in [-0.25, -0.2) is 9.78 Å². The minimum Gasteiger partial charge on any atom is -0.355 e. The molecule has 0 aromatic carbocycles. The average molecular weight is 263 g/mol. The number of hydrogen-bond acceptors (Lipinski definition) is 4. The van der Waals surface area contributed by atoms with E-state index in [4.69, 9.17) is 0 Å². The van der Waals surface area contributed by atoms with Crippen LogP contribution in [0.25, 0.3) is 0 Å². The summed E-state index contributed by atoms with van der Waals surface area (Å²) >= 11 is 0. The predicted molar refractivity (Wildman–Crippen MR) is 74.1 cm³/mol. The van der Waals surface area contributed by atoms with Crippen LogP contribution in [-0.2, 0) is 0 Å². The Kier molecular flexibility index (Phi) is 4.19. The van der Waals surface area contributed by atoms with Crippen LogP contribution in [-0.4, -0.2) is 66.1 Å². The van der Waals surface area contributed by atoms with E-state index in [0.29, 0.717) is 6.04 Å². The van der Waals surface area contributed by atoms with Gasteiger partial charge in [0.2, 0.25) is 0 Å². The van der Waals surface area contributed by atoms with Crippen molar-refractivity contribution in [2.24, 2.45) is 0 Å². The highest BCUT2D eigenvalue weighted by Crippen LogP contribution is 2.20. The lowest BCUT2D eigenvalue weighted by Crippen LogP contribution is -2.48. The molecule has 1 fully saturated rings. The Hall–Kier alpha value is -1.85. The van der Waals surface area contributed by atoms with E-state index in [0.717, 1.165) is 31.7 Å². The summed E-state index contributed by atoms with van der Waals surface area (Å²) in [7, 11) is 5.45. The molecule has 2 heterocycles. The highest BCUT2D eigenvalue weighted by Gasteiger charge is 2.26. The van der Waals surface area contributed by atoms with E-state index >= 15 is 0 Å². The number of rotatable bonds is 2. The molecule has 2 rings (SSSR count). The molecule has 1 aliphatic rings. The van der Waals surface area contributed by atoms with E-state index in [9.17, 15) is 4.79 Å². The van der Waals surface area contributed by atoms with Crippen LogP contribution in [0.15, 0.2) is 18.6 Å². The lowest BCUT2D eigenvalue weighted by atomic mass is 10.0. The molecular formula is C13H21N5O. The third-order valence-corrected chi connectivity index (χ3v) is 3.57. The zero-order chi connectivity index (χ0) is 13.8. The van der Waals surface area contributed by atoms with Crippen molar-refractivity contribution in [3.05, 3.63) is 18.6 Å². The summed E-state index contributed by atoms with van der Waals surface area (Å²) in [6, 6.07) is 0.376. The number of aromatic nitrogens is 2. The molecule has 0 atom stereocenters.